The van der Waals surface area contributed by atoms with Gasteiger partial charge in [0.25, 0.3) is 0 Å². The second-order valence-corrected chi connectivity index (χ2v) is 7.69. The number of nitrogens with one attached hydrogen (secondary N) is 1. The van der Waals surface area contributed by atoms with Crippen molar-refractivity contribution in [2.75, 3.05) is 19.5 Å². The molecule has 4 rings (SSSR count). The van der Waals surface area contributed by atoms with Gasteiger partial charge in [0.05, 0.1) is 20.8 Å². The van der Waals surface area contributed by atoms with Gasteiger partial charge in [-0.2, -0.15) is 0 Å². The number of aliphatic imine (C=N–C) groups is 1. The van der Waals surface area contributed by atoms with Crippen LogP contribution < -0.4 is 14.8 Å². The Kier molecular flexibility index (Phi) is 7.75. The number of hydrogen-bond acceptors (Lipinski definition) is 3. The maximum Gasteiger partial charge on any atom is 0.126 e. The summed E-state index contributed by atoms with van der Waals surface area (Å²) in [6, 6.07) is 36.5. The standard InChI is InChI=1S/C30H28N2O2/c1-33-27-17-13-24(14-18-27)29(25-15-19-28(34-2)20-16-25)21-30(32-26-11-7-4-8-12-26)31-22-23-9-5-3-6-10-23/h3-21H,22H2,1-2H3,(H,31,32). The van der Waals surface area contributed by atoms with E-state index in [0.29, 0.717) is 6.54 Å². The van der Waals surface area contributed by atoms with E-state index in [1.165, 1.54) is 0 Å². The molecule has 0 saturated heterocycles. The predicted molar refractivity (Wildman–Crippen MR) is 141 cm³/mol. The molecule has 170 valence electrons. The highest BCUT2D eigenvalue weighted by Crippen LogP contribution is 2.27. The minimum Gasteiger partial charge on any atom is -0.497 e. The molecule has 0 bridgehead atoms. The lowest BCUT2D eigenvalue weighted by Gasteiger charge is -2.13. The molecule has 0 fully saturated rings. The summed E-state index contributed by atoms with van der Waals surface area (Å²) in [7, 11) is 3.35. The van der Waals surface area contributed by atoms with Crippen molar-refractivity contribution >= 4 is 17.1 Å². The topological polar surface area (TPSA) is 42.8 Å². The van der Waals surface area contributed by atoms with Crippen molar-refractivity contribution in [3.63, 3.8) is 0 Å². The molecule has 0 unspecified atom stereocenters. The van der Waals surface area contributed by atoms with Gasteiger partial charge in [-0.05, 0) is 64.7 Å². The van der Waals surface area contributed by atoms with Crippen LogP contribution in [0.1, 0.15) is 16.7 Å². The van der Waals surface area contributed by atoms with Gasteiger partial charge in [-0.25, -0.2) is 0 Å². The molecule has 0 spiro atoms. The average Bonchev–Trinajstić information content (AvgIpc) is 2.91. The molecule has 0 aliphatic rings. The zero-order chi connectivity index (χ0) is 23.6. The summed E-state index contributed by atoms with van der Waals surface area (Å²) >= 11 is 0. The molecule has 0 saturated carbocycles. The van der Waals surface area contributed by atoms with E-state index in [2.05, 4.69) is 47.8 Å². The van der Waals surface area contributed by atoms with E-state index in [4.69, 9.17) is 14.5 Å². The van der Waals surface area contributed by atoms with E-state index in [1.54, 1.807) is 14.2 Å². The molecule has 4 aromatic rings. The normalized spacial score (nSPS) is 10.9. The van der Waals surface area contributed by atoms with E-state index in [-0.39, 0.29) is 0 Å². The minimum absolute atomic E-state index is 0.574. The van der Waals surface area contributed by atoms with Gasteiger partial charge in [-0.15, -0.1) is 0 Å². The lowest BCUT2D eigenvalue weighted by molar-refractivity contribution is 0.414. The van der Waals surface area contributed by atoms with Crippen LogP contribution in [0.5, 0.6) is 11.5 Å². The molecule has 0 aliphatic heterocycles. The van der Waals surface area contributed by atoms with Crippen molar-refractivity contribution in [2.24, 2.45) is 4.99 Å². The molecule has 0 aromatic heterocycles. The lowest BCUT2D eigenvalue weighted by atomic mass is 9.97. The highest BCUT2D eigenvalue weighted by Gasteiger charge is 2.09. The Morgan fingerprint density at radius 2 is 1.18 bits per heavy atom. The maximum absolute atomic E-state index is 5.36. The van der Waals surface area contributed by atoms with Crippen LogP contribution in [0.4, 0.5) is 5.69 Å². The van der Waals surface area contributed by atoms with Gasteiger partial charge in [-0.3, -0.25) is 4.99 Å². The second-order valence-electron chi connectivity index (χ2n) is 7.69. The fraction of sp³-hybridized carbons (Fsp3) is 0.100. The Morgan fingerprint density at radius 1 is 0.676 bits per heavy atom. The average molecular weight is 449 g/mol. The molecular weight excluding hydrogens is 420 g/mol. The Labute approximate surface area is 201 Å². The van der Waals surface area contributed by atoms with E-state index in [9.17, 15) is 0 Å². The third-order valence-corrected chi connectivity index (χ3v) is 5.40. The predicted octanol–water partition coefficient (Wildman–Crippen LogP) is 6.85. The Balaban J connectivity index is 1.77. The molecule has 0 atom stereocenters. The van der Waals surface area contributed by atoms with Crippen LogP contribution in [0.15, 0.2) is 120 Å². The van der Waals surface area contributed by atoms with Crippen molar-refractivity contribution < 1.29 is 9.47 Å². The summed E-state index contributed by atoms with van der Waals surface area (Å²) in [6.45, 7) is 0.574. The summed E-state index contributed by atoms with van der Waals surface area (Å²) in [6.07, 6.45) is 2.10. The number of hydrogen-bond donors (Lipinski definition) is 1. The largest absolute Gasteiger partial charge is 0.497 e. The minimum atomic E-state index is 0.574. The zero-order valence-corrected chi connectivity index (χ0v) is 19.4. The van der Waals surface area contributed by atoms with Crippen LogP contribution >= 0.6 is 0 Å². The zero-order valence-electron chi connectivity index (χ0n) is 19.4. The van der Waals surface area contributed by atoms with Crippen LogP contribution in [0.2, 0.25) is 0 Å². The number of anilines is 1. The number of rotatable bonds is 8. The first kappa shape index (κ1) is 22.9. The lowest BCUT2D eigenvalue weighted by Crippen LogP contribution is -2.11. The summed E-state index contributed by atoms with van der Waals surface area (Å²) < 4.78 is 10.7. The number of benzene rings is 4. The molecule has 0 amide bonds. The first-order valence-electron chi connectivity index (χ1n) is 11.2. The van der Waals surface area contributed by atoms with E-state index in [0.717, 1.165) is 45.3 Å². The van der Waals surface area contributed by atoms with Crippen LogP contribution in [0, 0.1) is 0 Å². The van der Waals surface area contributed by atoms with Crippen molar-refractivity contribution in [3.05, 3.63) is 132 Å². The monoisotopic (exact) mass is 448 g/mol. The third kappa shape index (κ3) is 6.14. The fourth-order valence-electron chi connectivity index (χ4n) is 3.56. The van der Waals surface area contributed by atoms with Crippen molar-refractivity contribution in [1.29, 1.82) is 0 Å². The van der Waals surface area contributed by atoms with E-state index < -0.39 is 0 Å². The molecule has 34 heavy (non-hydrogen) atoms. The molecule has 1 N–H and O–H groups in total. The molecule has 4 aromatic carbocycles. The first-order chi connectivity index (χ1) is 16.7. The van der Waals surface area contributed by atoms with E-state index >= 15 is 0 Å². The molecular formula is C30H28N2O2. The first-order valence-corrected chi connectivity index (χ1v) is 11.2. The Hall–Kier alpha value is -4.31. The molecule has 0 heterocycles. The van der Waals surface area contributed by atoms with Gasteiger partial charge in [0.2, 0.25) is 0 Å². The van der Waals surface area contributed by atoms with Gasteiger partial charge < -0.3 is 14.8 Å². The van der Waals surface area contributed by atoms with Crippen molar-refractivity contribution in [1.82, 2.24) is 0 Å². The number of ether oxygens (including phenoxy) is 2. The van der Waals surface area contributed by atoms with Crippen LogP contribution in [-0.2, 0) is 6.54 Å². The SMILES string of the molecule is COc1ccc(C(=CC(=NCc2ccccc2)Nc2ccccc2)c2ccc(OC)cc2)cc1. The van der Waals surface area contributed by atoms with Gasteiger partial charge in [-0.1, -0.05) is 72.8 Å². The van der Waals surface area contributed by atoms with Crippen LogP contribution in [0.3, 0.4) is 0 Å². The summed E-state index contributed by atoms with van der Waals surface area (Å²) in [5, 5.41) is 3.49. The number of nitrogens with zero attached hydrogens (tertiary/aromatic N) is 1. The highest BCUT2D eigenvalue weighted by atomic mass is 16.5. The summed E-state index contributed by atoms with van der Waals surface area (Å²) in [4.78, 5) is 4.93. The molecule has 4 nitrogen and oxygen atoms in total. The number of para-hydroxylation sites is 1. The summed E-state index contributed by atoms with van der Waals surface area (Å²) in [5.74, 6) is 2.41. The van der Waals surface area contributed by atoms with Gasteiger partial charge in [0.1, 0.15) is 17.3 Å². The molecule has 0 radical (unpaired) electrons. The Morgan fingerprint density at radius 3 is 1.68 bits per heavy atom. The summed E-state index contributed by atoms with van der Waals surface area (Å²) in [5.41, 5.74) is 5.30. The van der Waals surface area contributed by atoms with Crippen molar-refractivity contribution in [2.45, 2.75) is 6.54 Å². The van der Waals surface area contributed by atoms with Crippen LogP contribution in [0.25, 0.3) is 5.57 Å². The molecule has 0 aliphatic carbocycles. The smallest absolute Gasteiger partial charge is 0.126 e. The van der Waals surface area contributed by atoms with Gasteiger partial charge >= 0.3 is 0 Å². The Bertz CT molecular complexity index is 1180. The van der Waals surface area contributed by atoms with Crippen LogP contribution in [-0.4, -0.2) is 20.1 Å². The van der Waals surface area contributed by atoms with Crippen molar-refractivity contribution in [3.8, 4) is 11.5 Å². The third-order valence-electron chi connectivity index (χ3n) is 5.40. The fourth-order valence-corrected chi connectivity index (χ4v) is 3.56. The second kappa shape index (κ2) is 11.5. The number of methoxy groups -OCH3 is 2. The molecule has 4 heteroatoms. The number of amidine groups is 1. The van der Waals surface area contributed by atoms with Gasteiger partial charge in [0, 0.05) is 5.69 Å². The highest BCUT2D eigenvalue weighted by molar-refractivity contribution is 6.09. The van der Waals surface area contributed by atoms with E-state index in [1.807, 2.05) is 72.8 Å². The van der Waals surface area contributed by atoms with Gasteiger partial charge in [0.15, 0.2) is 0 Å². The maximum atomic E-state index is 5.36. The quantitative estimate of drug-likeness (QED) is 0.237.